The van der Waals surface area contributed by atoms with Crippen LogP contribution in [0.2, 0.25) is 0 Å². The van der Waals surface area contributed by atoms with Crippen molar-refractivity contribution in [3.05, 3.63) is 72.9 Å². The van der Waals surface area contributed by atoms with Gasteiger partial charge in [-0.2, -0.15) is 0 Å². The summed E-state index contributed by atoms with van der Waals surface area (Å²) in [5.41, 5.74) is 0. The highest BCUT2D eigenvalue weighted by atomic mass is 31.2. The molecule has 2 N–H and O–H groups in total. The van der Waals surface area contributed by atoms with Crippen LogP contribution >= 0.6 is 7.82 Å². The number of esters is 1. The van der Waals surface area contributed by atoms with Crippen molar-refractivity contribution in [2.75, 3.05) is 40.9 Å². The van der Waals surface area contributed by atoms with Gasteiger partial charge in [0.1, 0.15) is 19.3 Å². The van der Waals surface area contributed by atoms with Gasteiger partial charge in [-0.05, 0) is 96.0 Å². The first-order chi connectivity index (χ1) is 38.4. The summed E-state index contributed by atoms with van der Waals surface area (Å²) in [4.78, 5) is 37.7. The number of nitrogens with zero attached hydrogens (tertiary/aromatic N) is 1. The Morgan fingerprint density at radius 3 is 1.24 bits per heavy atom. The first-order valence-electron chi connectivity index (χ1n) is 33.3. The van der Waals surface area contributed by atoms with Crippen molar-refractivity contribution in [3.8, 4) is 0 Å². The molecule has 0 aliphatic rings. The van der Waals surface area contributed by atoms with Crippen molar-refractivity contribution in [1.82, 2.24) is 5.32 Å². The molecule has 0 aromatic carbocycles. The van der Waals surface area contributed by atoms with Crippen LogP contribution in [-0.4, -0.2) is 74.3 Å². The summed E-state index contributed by atoms with van der Waals surface area (Å²) in [6.45, 7) is 6.88. The minimum Gasteiger partial charge on any atom is -0.456 e. The molecule has 0 aliphatic carbocycles. The van der Waals surface area contributed by atoms with Gasteiger partial charge in [-0.15, -0.1) is 0 Å². The third-order valence-corrected chi connectivity index (χ3v) is 15.6. The summed E-state index contributed by atoms with van der Waals surface area (Å²) in [5.74, 6) is -0.524. The van der Waals surface area contributed by atoms with Crippen LogP contribution < -0.4 is 5.32 Å². The second-order valence-corrected chi connectivity index (χ2v) is 25.1. The van der Waals surface area contributed by atoms with Crippen LogP contribution in [0.4, 0.5) is 0 Å². The van der Waals surface area contributed by atoms with Crippen LogP contribution in [-0.2, 0) is 27.9 Å². The summed E-state index contributed by atoms with van der Waals surface area (Å²) in [6, 6.07) is -0.859. The van der Waals surface area contributed by atoms with Gasteiger partial charge in [0, 0.05) is 12.8 Å². The standard InChI is InChI=1S/C69H127N2O7P/c1-7-10-13-16-19-22-25-28-30-31-32-33-34-35-36-37-38-39-40-41-42-43-46-49-52-55-58-61-68(72)70-66(65-77-79(74,75)76-64-63-71(4,5)6)67(60-57-54-51-48-45-27-24-21-18-15-12-9-3)78-69(73)62-59-56-53-50-47-44-29-26-23-20-17-14-11-8-2/h11,14,19-20,22-23,28-30,44,57,60,66-67H,7-10,12-13,15-18,21,24-27,31-43,45-56,58-59,61-65H2,1-6H3,(H-,70,72,74,75)/p+1/b14-11+,22-19-,23-20+,30-28-,44-29+,60-57-. The minimum absolute atomic E-state index is 0.0354. The summed E-state index contributed by atoms with van der Waals surface area (Å²) in [6.07, 6.45) is 76.3. The van der Waals surface area contributed by atoms with Gasteiger partial charge in [-0.25, -0.2) is 4.57 Å². The number of ether oxygens (including phenoxy) is 1. The summed E-state index contributed by atoms with van der Waals surface area (Å²) < 4.78 is 30.7. The highest BCUT2D eigenvalue weighted by Gasteiger charge is 2.30. The highest BCUT2D eigenvalue weighted by molar-refractivity contribution is 7.47. The van der Waals surface area contributed by atoms with Crippen molar-refractivity contribution in [1.29, 1.82) is 0 Å². The molecule has 0 fully saturated rings. The molecule has 0 saturated carbocycles. The number of hydrogen-bond acceptors (Lipinski definition) is 6. The van der Waals surface area contributed by atoms with E-state index in [-0.39, 0.29) is 31.5 Å². The van der Waals surface area contributed by atoms with Gasteiger partial charge in [-0.1, -0.05) is 267 Å². The first kappa shape index (κ1) is 76.5. The Morgan fingerprint density at radius 1 is 0.456 bits per heavy atom. The normalized spacial score (nSPS) is 14.1. The fourth-order valence-electron chi connectivity index (χ4n) is 9.52. The smallest absolute Gasteiger partial charge is 0.456 e. The first-order valence-corrected chi connectivity index (χ1v) is 34.8. The molecule has 0 radical (unpaired) electrons. The van der Waals surface area contributed by atoms with Crippen molar-refractivity contribution >= 4 is 19.7 Å². The predicted octanol–water partition coefficient (Wildman–Crippen LogP) is 20.8. The Bertz CT molecular complexity index is 1580. The lowest BCUT2D eigenvalue weighted by atomic mass is 10.0. The zero-order valence-electron chi connectivity index (χ0n) is 52.6. The Hall–Kier alpha value is -2.55. The third kappa shape index (κ3) is 59.9. The maximum absolute atomic E-state index is 13.6. The van der Waals surface area contributed by atoms with Gasteiger partial charge in [0.25, 0.3) is 0 Å². The van der Waals surface area contributed by atoms with E-state index in [0.29, 0.717) is 23.9 Å². The zero-order chi connectivity index (χ0) is 57.9. The molecule has 1 amide bonds. The second kappa shape index (κ2) is 58.6. The highest BCUT2D eigenvalue weighted by Crippen LogP contribution is 2.43. The van der Waals surface area contributed by atoms with E-state index in [1.165, 1.54) is 173 Å². The van der Waals surface area contributed by atoms with E-state index in [2.05, 4.69) is 86.8 Å². The molecular formula is C69H128N2O7P+. The average molecular weight is 1130 g/mol. The Labute approximate surface area is 489 Å². The molecule has 460 valence electrons. The number of likely N-dealkylation sites (N-methyl/N-ethyl adjacent to an activating group) is 1. The molecule has 0 heterocycles. The number of unbranched alkanes of at least 4 members (excludes halogenated alkanes) is 34. The van der Waals surface area contributed by atoms with Crippen LogP contribution in [0.15, 0.2) is 72.9 Å². The van der Waals surface area contributed by atoms with Crippen molar-refractivity contribution in [2.24, 2.45) is 0 Å². The van der Waals surface area contributed by atoms with Gasteiger partial charge in [0.15, 0.2) is 0 Å². The summed E-state index contributed by atoms with van der Waals surface area (Å²) in [7, 11) is 1.48. The van der Waals surface area contributed by atoms with Crippen molar-refractivity contribution in [2.45, 2.75) is 315 Å². The van der Waals surface area contributed by atoms with Crippen molar-refractivity contribution in [3.63, 3.8) is 0 Å². The number of hydrogen-bond donors (Lipinski definition) is 2. The van der Waals surface area contributed by atoms with Crippen LogP contribution in [0.3, 0.4) is 0 Å². The Balaban J connectivity index is 5.02. The van der Waals surface area contributed by atoms with E-state index in [1.54, 1.807) is 0 Å². The number of rotatable bonds is 60. The predicted molar refractivity (Wildman–Crippen MR) is 341 cm³/mol. The van der Waals surface area contributed by atoms with Gasteiger partial charge in [0.05, 0.1) is 33.8 Å². The van der Waals surface area contributed by atoms with E-state index in [9.17, 15) is 19.0 Å². The van der Waals surface area contributed by atoms with E-state index in [0.717, 1.165) is 89.9 Å². The minimum atomic E-state index is -4.46. The second-order valence-electron chi connectivity index (χ2n) is 23.6. The van der Waals surface area contributed by atoms with E-state index >= 15 is 0 Å². The molecular weight excluding hydrogens is 1000 g/mol. The lowest BCUT2D eigenvalue weighted by Crippen LogP contribution is -2.47. The average Bonchev–Trinajstić information content (AvgIpc) is 3.41. The van der Waals surface area contributed by atoms with Gasteiger partial charge in [-0.3, -0.25) is 18.6 Å². The molecule has 0 aromatic heterocycles. The SMILES string of the molecule is CC/C=C/C/C=C/C/C=C/CCCCCCC(=O)OC(/C=C\CCCCCCCCCCCC)C(COP(=O)(O)OCC[N+](C)(C)C)NC(=O)CCCCCCCCCCCCCCCCCCC/C=C\C/C=C\CCCCC. The van der Waals surface area contributed by atoms with Crippen LogP contribution in [0.5, 0.6) is 0 Å². The molecule has 0 aromatic rings. The van der Waals surface area contributed by atoms with Gasteiger partial charge < -0.3 is 19.4 Å². The number of quaternary nitrogens is 1. The number of phosphoric acid groups is 1. The summed E-state index contributed by atoms with van der Waals surface area (Å²) in [5, 5.41) is 3.06. The molecule has 0 bridgehead atoms. The number of allylic oxidation sites excluding steroid dienone is 11. The van der Waals surface area contributed by atoms with Crippen molar-refractivity contribution < 1.29 is 37.3 Å². The van der Waals surface area contributed by atoms with Crippen LogP contribution in [0.1, 0.15) is 303 Å². The number of nitrogens with one attached hydrogen (secondary N) is 1. The van der Waals surface area contributed by atoms with Crippen LogP contribution in [0.25, 0.3) is 0 Å². The van der Waals surface area contributed by atoms with E-state index in [4.69, 9.17) is 13.8 Å². The van der Waals surface area contributed by atoms with Gasteiger partial charge in [0.2, 0.25) is 5.91 Å². The molecule has 0 spiro atoms. The third-order valence-electron chi connectivity index (χ3n) is 14.6. The maximum atomic E-state index is 13.6. The fourth-order valence-corrected chi connectivity index (χ4v) is 10.3. The molecule has 79 heavy (non-hydrogen) atoms. The molecule has 0 aliphatic heterocycles. The number of amides is 1. The van der Waals surface area contributed by atoms with E-state index in [1.807, 2.05) is 33.3 Å². The zero-order valence-corrected chi connectivity index (χ0v) is 53.5. The maximum Gasteiger partial charge on any atom is 0.472 e. The lowest BCUT2D eigenvalue weighted by Gasteiger charge is -2.27. The Kier molecular flexibility index (Phi) is 56.7. The van der Waals surface area contributed by atoms with Gasteiger partial charge >= 0.3 is 13.8 Å². The molecule has 0 rings (SSSR count). The quantitative estimate of drug-likeness (QED) is 0.0205. The number of carbonyl (C=O) groups excluding carboxylic acids is 2. The number of carbonyl (C=O) groups is 2. The number of phosphoric ester groups is 1. The Morgan fingerprint density at radius 2 is 0.810 bits per heavy atom. The molecule has 10 heteroatoms. The monoisotopic (exact) mass is 1130 g/mol. The summed E-state index contributed by atoms with van der Waals surface area (Å²) >= 11 is 0. The molecule has 9 nitrogen and oxygen atoms in total. The van der Waals surface area contributed by atoms with Crippen LogP contribution in [0, 0.1) is 0 Å². The topological polar surface area (TPSA) is 111 Å². The lowest BCUT2D eigenvalue weighted by molar-refractivity contribution is -0.870. The largest absolute Gasteiger partial charge is 0.472 e. The fraction of sp³-hybridized carbons (Fsp3) is 0.797. The molecule has 0 saturated heterocycles. The molecule has 3 unspecified atom stereocenters. The molecule has 3 atom stereocenters. The van der Waals surface area contributed by atoms with E-state index < -0.39 is 20.0 Å².